The summed E-state index contributed by atoms with van der Waals surface area (Å²) in [6.45, 7) is 4.13. The average Bonchev–Trinajstić information content (AvgIpc) is 2.52. The van der Waals surface area contributed by atoms with Crippen LogP contribution in [0.3, 0.4) is 0 Å². The van der Waals surface area contributed by atoms with Crippen LogP contribution in [0.4, 0.5) is 24.8 Å². The SMILES string of the molecule is COc1nc(N(C)c2cccc(C(C)C)c2)ncc1C(F)(F)F. The molecule has 0 radical (unpaired) electrons. The molecule has 0 N–H and O–H groups in total. The van der Waals surface area contributed by atoms with Gasteiger partial charge in [0, 0.05) is 18.9 Å². The first-order valence-electron chi connectivity index (χ1n) is 7.06. The van der Waals surface area contributed by atoms with Crippen LogP contribution in [-0.2, 0) is 6.18 Å². The van der Waals surface area contributed by atoms with Crippen LogP contribution in [0.2, 0.25) is 0 Å². The minimum absolute atomic E-state index is 0.135. The third kappa shape index (κ3) is 3.72. The van der Waals surface area contributed by atoms with Gasteiger partial charge in [-0.1, -0.05) is 26.0 Å². The molecule has 23 heavy (non-hydrogen) atoms. The molecule has 0 aliphatic heterocycles. The van der Waals surface area contributed by atoms with Crippen molar-refractivity contribution in [2.75, 3.05) is 19.1 Å². The van der Waals surface area contributed by atoms with Crippen LogP contribution in [0.1, 0.15) is 30.9 Å². The molecule has 0 spiro atoms. The minimum atomic E-state index is -4.56. The predicted octanol–water partition coefficient (Wildman–Crippen LogP) is 4.40. The smallest absolute Gasteiger partial charge is 0.423 e. The molecule has 0 atom stereocenters. The number of ether oxygens (including phenoxy) is 1. The normalized spacial score (nSPS) is 11.7. The monoisotopic (exact) mass is 325 g/mol. The van der Waals surface area contributed by atoms with E-state index >= 15 is 0 Å². The Hall–Kier alpha value is -2.31. The fourth-order valence-corrected chi connectivity index (χ4v) is 2.08. The van der Waals surface area contributed by atoms with Crippen molar-refractivity contribution in [2.45, 2.75) is 25.9 Å². The van der Waals surface area contributed by atoms with Crippen molar-refractivity contribution < 1.29 is 17.9 Å². The third-order valence-electron chi connectivity index (χ3n) is 3.46. The molecule has 0 bridgehead atoms. The maximum absolute atomic E-state index is 12.9. The largest absolute Gasteiger partial charge is 0.480 e. The van der Waals surface area contributed by atoms with Crippen molar-refractivity contribution in [3.8, 4) is 5.88 Å². The molecule has 0 unspecified atom stereocenters. The lowest BCUT2D eigenvalue weighted by molar-refractivity contribution is -0.139. The van der Waals surface area contributed by atoms with Crippen molar-refractivity contribution in [1.29, 1.82) is 0 Å². The molecule has 1 heterocycles. The Bertz CT molecular complexity index is 687. The van der Waals surface area contributed by atoms with Crippen LogP contribution in [-0.4, -0.2) is 24.1 Å². The first-order chi connectivity index (χ1) is 10.7. The van der Waals surface area contributed by atoms with Crippen molar-refractivity contribution in [2.24, 2.45) is 0 Å². The number of nitrogens with zero attached hydrogens (tertiary/aromatic N) is 3. The number of aromatic nitrogens is 2. The molecule has 0 amide bonds. The lowest BCUT2D eigenvalue weighted by Crippen LogP contribution is -2.16. The summed E-state index contributed by atoms with van der Waals surface area (Å²) in [4.78, 5) is 9.32. The van der Waals surface area contributed by atoms with Gasteiger partial charge in [-0.3, -0.25) is 0 Å². The van der Waals surface area contributed by atoms with Crippen molar-refractivity contribution in [3.05, 3.63) is 41.6 Å². The Kier molecular flexibility index (Phi) is 4.77. The molecule has 1 aromatic heterocycles. The molecule has 0 aliphatic rings. The van der Waals surface area contributed by atoms with Gasteiger partial charge in [0.25, 0.3) is 0 Å². The maximum atomic E-state index is 12.9. The van der Waals surface area contributed by atoms with E-state index in [0.29, 0.717) is 5.92 Å². The van der Waals surface area contributed by atoms with E-state index in [1.165, 1.54) is 0 Å². The number of hydrogen-bond acceptors (Lipinski definition) is 4. The van der Waals surface area contributed by atoms with Crippen molar-refractivity contribution >= 4 is 11.6 Å². The number of alkyl halides is 3. The van der Waals surface area contributed by atoms with Gasteiger partial charge in [0.1, 0.15) is 5.56 Å². The molecule has 1 aromatic carbocycles. The molecule has 7 heteroatoms. The van der Waals surface area contributed by atoms with Crippen LogP contribution in [0.5, 0.6) is 5.88 Å². The summed E-state index contributed by atoms with van der Waals surface area (Å²) in [5.74, 6) is -0.0171. The standard InChI is InChI=1S/C16H18F3N3O/c1-10(2)11-6-5-7-12(8-11)22(3)15-20-9-13(16(17,18)19)14(21-15)23-4/h5-10H,1-4H3. The summed E-state index contributed by atoms with van der Waals surface area (Å²) in [6.07, 6.45) is -3.82. The van der Waals surface area contributed by atoms with E-state index < -0.39 is 17.6 Å². The van der Waals surface area contributed by atoms with Gasteiger partial charge in [-0.2, -0.15) is 18.2 Å². The van der Waals surface area contributed by atoms with Crippen LogP contribution in [0.25, 0.3) is 0 Å². The zero-order chi connectivity index (χ0) is 17.2. The van der Waals surface area contributed by atoms with Crippen molar-refractivity contribution in [3.63, 3.8) is 0 Å². The van der Waals surface area contributed by atoms with E-state index in [0.717, 1.165) is 24.6 Å². The van der Waals surface area contributed by atoms with Gasteiger partial charge in [0.2, 0.25) is 11.8 Å². The highest BCUT2D eigenvalue weighted by Crippen LogP contribution is 2.35. The molecule has 0 saturated heterocycles. The number of hydrogen-bond donors (Lipinski definition) is 0. The molecule has 4 nitrogen and oxygen atoms in total. The number of methoxy groups -OCH3 is 1. The van der Waals surface area contributed by atoms with Gasteiger partial charge in [-0.05, 0) is 23.6 Å². The zero-order valence-corrected chi connectivity index (χ0v) is 13.3. The Morgan fingerprint density at radius 3 is 2.48 bits per heavy atom. The number of benzene rings is 1. The number of anilines is 2. The van der Waals surface area contributed by atoms with Gasteiger partial charge in [-0.25, -0.2) is 4.98 Å². The first kappa shape index (κ1) is 17.1. The second kappa shape index (κ2) is 6.44. The fraction of sp³-hybridized carbons (Fsp3) is 0.375. The molecule has 0 saturated carbocycles. The van der Waals surface area contributed by atoms with Crippen LogP contribution in [0.15, 0.2) is 30.5 Å². The molecular weight excluding hydrogens is 307 g/mol. The highest BCUT2D eigenvalue weighted by atomic mass is 19.4. The molecule has 0 aliphatic carbocycles. The highest BCUT2D eigenvalue weighted by Gasteiger charge is 2.36. The third-order valence-corrected chi connectivity index (χ3v) is 3.46. The molecule has 2 rings (SSSR count). The summed E-state index contributed by atoms with van der Waals surface area (Å²) in [7, 11) is 2.85. The maximum Gasteiger partial charge on any atom is 0.423 e. The Labute approximate surface area is 132 Å². The van der Waals surface area contributed by atoms with Crippen molar-refractivity contribution in [1.82, 2.24) is 9.97 Å². The Balaban J connectivity index is 2.40. The summed E-state index contributed by atoms with van der Waals surface area (Å²) in [6, 6.07) is 7.69. The van der Waals surface area contributed by atoms with E-state index in [1.54, 1.807) is 11.9 Å². The van der Waals surface area contributed by atoms with E-state index in [2.05, 4.69) is 23.8 Å². The quantitative estimate of drug-likeness (QED) is 0.835. The molecule has 124 valence electrons. The molecular formula is C16H18F3N3O. The predicted molar refractivity (Wildman–Crippen MR) is 82.2 cm³/mol. The molecule has 0 fully saturated rings. The summed E-state index contributed by atoms with van der Waals surface area (Å²) in [5, 5.41) is 0. The van der Waals surface area contributed by atoms with Crippen LogP contribution < -0.4 is 9.64 Å². The topological polar surface area (TPSA) is 38.2 Å². The Morgan fingerprint density at radius 1 is 1.22 bits per heavy atom. The summed E-state index contributed by atoms with van der Waals surface area (Å²) in [5.41, 5.74) is 0.916. The minimum Gasteiger partial charge on any atom is -0.480 e. The van der Waals surface area contributed by atoms with Gasteiger partial charge in [0.05, 0.1) is 7.11 Å². The van der Waals surface area contributed by atoms with Gasteiger partial charge < -0.3 is 9.64 Å². The second-order valence-corrected chi connectivity index (χ2v) is 5.40. The fourth-order valence-electron chi connectivity index (χ4n) is 2.08. The van der Waals surface area contributed by atoms with Gasteiger partial charge in [0.15, 0.2) is 0 Å². The first-order valence-corrected chi connectivity index (χ1v) is 7.06. The summed E-state index contributed by atoms with van der Waals surface area (Å²) < 4.78 is 43.3. The summed E-state index contributed by atoms with van der Waals surface area (Å²) >= 11 is 0. The lowest BCUT2D eigenvalue weighted by Gasteiger charge is -2.20. The highest BCUT2D eigenvalue weighted by molar-refractivity contribution is 5.58. The van der Waals surface area contributed by atoms with Gasteiger partial charge >= 0.3 is 6.18 Å². The number of halogens is 3. The average molecular weight is 325 g/mol. The zero-order valence-electron chi connectivity index (χ0n) is 13.3. The second-order valence-electron chi connectivity index (χ2n) is 5.40. The number of rotatable bonds is 4. The van der Waals surface area contributed by atoms with E-state index in [1.807, 2.05) is 24.3 Å². The van der Waals surface area contributed by atoms with E-state index in [9.17, 15) is 13.2 Å². The van der Waals surface area contributed by atoms with E-state index in [-0.39, 0.29) is 5.95 Å². The van der Waals surface area contributed by atoms with Crippen LogP contribution >= 0.6 is 0 Å². The van der Waals surface area contributed by atoms with Crippen LogP contribution in [0, 0.1) is 0 Å². The molecule has 2 aromatic rings. The lowest BCUT2D eigenvalue weighted by atomic mass is 10.0. The Morgan fingerprint density at radius 2 is 1.91 bits per heavy atom. The van der Waals surface area contributed by atoms with E-state index in [4.69, 9.17) is 4.74 Å². The van der Waals surface area contributed by atoms with Gasteiger partial charge in [-0.15, -0.1) is 0 Å².